The SMILES string of the molecule is COc1ccc(NC(=O)CSc2nnc3ccccn23)cc1. The fourth-order valence-electron chi connectivity index (χ4n) is 1.92. The van der Waals surface area contributed by atoms with Crippen molar-refractivity contribution in [3.05, 3.63) is 48.7 Å². The Kier molecular flexibility index (Phi) is 4.24. The number of hydrogen-bond donors (Lipinski definition) is 1. The number of aromatic nitrogens is 3. The van der Waals surface area contributed by atoms with E-state index in [1.165, 1.54) is 11.8 Å². The fourth-order valence-corrected chi connectivity index (χ4v) is 2.64. The Morgan fingerprint density at radius 2 is 2.05 bits per heavy atom. The zero-order chi connectivity index (χ0) is 15.4. The molecular weight excluding hydrogens is 300 g/mol. The highest BCUT2D eigenvalue weighted by molar-refractivity contribution is 7.99. The Bertz CT molecular complexity index is 786. The maximum Gasteiger partial charge on any atom is 0.234 e. The minimum Gasteiger partial charge on any atom is -0.497 e. The van der Waals surface area contributed by atoms with Crippen molar-refractivity contribution in [2.45, 2.75) is 5.16 Å². The minimum absolute atomic E-state index is 0.0946. The molecule has 6 nitrogen and oxygen atoms in total. The molecule has 0 saturated heterocycles. The molecule has 2 aromatic heterocycles. The molecule has 7 heteroatoms. The van der Waals surface area contributed by atoms with Crippen LogP contribution < -0.4 is 10.1 Å². The highest BCUT2D eigenvalue weighted by Crippen LogP contribution is 2.18. The molecule has 0 unspecified atom stereocenters. The molecule has 1 N–H and O–H groups in total. The summed E-state index contributed by atoms with van der Waals surface area (Å²) in [6, 6.07) is 12.9. The van der Waals surface area contributed by atoms with Crippen molar-refractivity contribution in [3.8, 4) is 5.75 Å². The number of ether oxygens (including phenoxy) is 1. The summed E-state index contributed by atoms with van der Waals surface area (Å²) in [5.41, 5.74) is 1.50. The number of thioether (sulfide) groups is 1. The summed E-state index contributed by atoms with van der Waals surface area (Å²) in [4.78, 5) is 12.0. The van der Waals surface area contributed by atoms with Crippen LogP contribution in [0.4, 0.5) is 5.69 Å². The molecule has 3 aromatic rings. The number of amides is 1. The lowest BCUT2D eigenvalue weighted by Crippen LogP contribution is -2.14. The van der Waals surface area contributed by atoms with Crippen molar-refractivity contribution >= 4 is 29.0 Å². The van der Waals surface area contributed by atoms with Crippen LogP contribution in [0.3, 0.4) is 0 Å². The second-order valence-corrected chi connectivity index (χ2v) is 5.42. The van der Waals surface area contributed by atoms with E-state index in [0.29, 0.717) is 5.16 Å². The second kappa shape index (κ2) is 6.48. The van der Waals surface area contributed by atoms with Crippen LogP contribution in [0.15, 0.2) is 53.8 Å². The maximum absolute atomic E-state index is 12.0. The van der Waals surface area contributed by atoms with Crippen LogP contribution in [0.2, 0.25) is 0 Å². The minimum atomic E-state index is -0.0946. The summed E-state index contributed by atoms with van der Waals surface area (Å²) in [5.74, 6) is 0.923. The first kappa shape index (κ1) is 14.4. The molecule has 3 rings (SSSR count). The summed E-state index contributed by atoms with van der Waals surface area (Å²) in [6.45, 7) is 0. The van der Waals surface area contributed by atoms with Gasteiger partial charge in [-0.3, -0.25) is 9.20 Å². The van der Waals surface area contributed by atoms with E-state index in [9.17, 15) is 4.79 Å². The van der Waals surface area contributed by atoms with E-state index < -0.39 is 0 Å². The van der Waals surface area contributed by atoms with Gasteiger partial charge in [0, 0.05) is 11.9 Å². The summed E-state index contributed by atoms with van der Waals surface area (Å²) in [7, 11) is 1.60. The number of benzene rings is 1. The average molecular weight is 314 g/mol. The number of nitrogens with zero attached hydrogens (tertiary/aromatic N) is 3. The van der Waals surface area contributed by atoms with Crippen LogP contribution in [-0.2, 0) is 4.79 Å². The number of hydrogen-bond acceptors (Lipinski definition) is 5. The lowest BCUT2D eigenvalue weighted by Gasteiger charge is -2.05. The van der Waals surface area contributed by atoms with Crippen LogP contribution >= 0.6 is 11.8 Å². The molecule has 1 aromatic carbocycles. The fraction of sp³-hybridized carbons (Fsp3) is 0.133. The zero-order valence-electron chi connectivity index (χ0n) is 11.9. The van der Waals surface area contributed by atoms with Crippen LogP contribution in [0.1, 0.15) is 0 Å². The molecule has 22 heavy (non-hydrogen) atoms. The lowest BCUT2D eigenvalue weighted by molar-refractivity contribution is -0.113. The quantitative estimate of drug-likeness (QED) is 0.733. The molecule has 0 aliphatic heterocycles. The number of methoxy groups -OCH3 is 1. The van der Waals surface area contributed by atoms with Crippen molar-refractivity contribution in [2.75, 3.05) is 18.2 Å². The summed E-state index contributed by atoms with van der Waals surface area (Å²) < 4.78 is 6.93. The molecular formula is C15H14N4O2S. The van der Waals surface area contributed by atoms with Gasteiger partial charge in [0.05, 0.1) is 12.9 Å². The Labute approximate surface area is 131 Å². The van der Waals surface area contributed by atoms with Crippen molar-refractivity contribution in [1.29, 1.82) is 0 Å². The van der Waals surface area contributed by atoms with E-state index in [-0.39, 0.29) is 11.7 Å². The van der Waals surface area contributed by atoms with Crippen LogP contribution in [-0.4, -0.2) is 33.4 Å². The van der Waals surface area contributed by atoms with Crippen molar-refractivity contribution in [2.24, 2.45) is 0 Å². The van der Waals surface area contributed by atoms with E-state index in [1.807, 2.05) is 28.8 Å². The predicted octanol–water partition coefficient (Wildman–Crippen LogP) is 2.47. The first-order valence-corrected chi connectivity index (χ1v) is 7.61. The van der Waals surface area contributed by atoms with Gasteiger partial charge in [-0.2, -0.15) is 0 Å². The van der Waals surface area contributed by atoms with Crippen molar-refractivity contribution in [1.82, 2.24) is 14.6 Å². The topological polar surface area (TPSA) is 68.5 Å². The number of nitrogens with one attached hydrogen (secondary N) is 1. The second-order valence-electron chi connectivity index (χ2n) is 4.48. The molecule has 2 heterocycles. The first-order chi connectivity index (χ1) is 10.8. The number of pyridine rings is 1. The highest BCUT2D eigenvalue weighted by atomic mass is 32.2. The zero-order valence-corrected chi connectivity index (χ0v) is 12.7. The molecule has 0 aliphatic rings. The number of fused-ring (bicyclic) bond motifs is 1. The van der Waals surface area contributed by atoms with Gasteiger partial charge in [0.25, 0.3) is 0 Å². The molecule has 112 valence electrons. The first-order valence-electron chi connectivity index (χ1n) is 6.63. The van der Waals surface area contributed by atoms with E-state index in [4.69, 9.17) is 4.74 Å². The van der Waals surface area contributed by atoms with Gasteiger partial charge in [-0.15, -0.1) is 10.2 Å². The van der Waals surface area contributed by atoms with Crippen molar-refractivity contribution in [3.63, 3.8) is 0 Å². The van der Waals surface area contributed by atoms with Crippen LogP contribution in [0.5, 0.6) is 5.75 Å². The van der Waals surface area contributed by atoms with Crippen LogP contribution in [0, 0.1) is 0 Å². The third-order valence-corrected chi connectivity index (χ3v) is 3.93. The van der Waals surface area contributed by atoms with Crippen LogP contribution in [0.25, 0.3) is 5.65 Å². The standard InChI is InChI=1S/C15H14N4O2S/c1-21-12-7-5-11(6-8-12)16-14(20)10-22-15-18-17-13-4-2-3-9-19(13)15/h2-9H,10H2,1H3,(H,16,20). The normalized spacial score (nSPS) is 10.6. The smallest absolute Gasteiger partial charge is 0.234 e. The van der Waals surface area contributed by atoms with Gasteiger partial charge in [-0.25, -0.2) is 0 Å². The molecule has 0 atom stereocenters. The molecule has 0 radical (unpaired) electrons. The Hall–Kier alpha value is -2.54. The van der Waals surface area contributed by atoms with Gasteiger partial charge < -0.3 is 10.1 Å². The van der Waals surface area contributed by atoms with Crippen molar-refractivity contribution < 1.29 is 9.53 Å². The van der Waals surface area contributed by atoms with Gasteiger partial charge in [0.15, 0.2) is 10.8 Å². The van der Waals surface area contributed by atoms with E-state index in [0.717, 1.165) is 17.1 Å². The molecule has 0 fully saturated rings. The maximum atomic E-state index is 12.0. The summed E-state index contributed by atoms with van der Waals surface area (Å²) in [6.07, 6.45) is 1.87. The Morgan fingerprint density at radius 3 is 2.82 bits per heavy atom. The highest BCUT2D eigenvalue weighted by Gasteiger charge is 2.09. The third kappa shape index (κ3) is 3.20. The van der Waals surface area contributed by atoms with E-state index in [2.05, 4.69) is 15.5 Å². The van der Waals surface area contributed by atoms with Gasteiger partial charge in [0.1, 0.15) is 5.75 Å². The number of anilines is 1. The third-order valence-electron chi connectivity index (χ3n) is 2.99. The Morgan fingerprint density at radius 1 is 1.23 bits per heavy atom. The predicted molar refractivity (Wildman–Crippen MR) is 85.3 cm³/mol. The number of carbonyl (C=O) groups is 1. The Balaban J connectivity index is 1.60. The lowest BCUT2D eigenvalue weighted by atomic mass is 10.3. The number of rotatable bonds is 5. The van der Waals surface area contributed by atoms with Gasteiger partial charge in [-0.05, 0) is 36.4 Å². The largest absolute Gasteiger partial charge is 0.497 e. The van der Waals surface area contributed by atoms with E-state index >= 15 is 0 Å². The van der Waals surface area contributed by atoms with E-state index in [1.54, 1.807) is 31.4 Å². The molecule has 0 bridgehead atoms. The van der Waals surface area contributed by atoms with Gasteiger partial charge in [0.2, 0.25) is 5.91 Å². The average Bonchev–Trinajstić information content (AvgIpc) is 2.97. The van der Waals surface area contributed by atoms with Gasteiger partial charge >= 0.3 is 0 Å². The molecule has 0 saturated carbocycles. The monoisotopic (exact) mass is 314 g/mol. The molecule has 1 amide bonds. The van der Waals surface area contributed by atoms with Gasteiger partial charge in [-0.1, -0.05) is 17.8 Å². The molecule has 0 aliphatic carbocycles. The number of carbonyl (C=O) groups excluding carboxylic acids is 1. The summed E-state index contributed by atoms with van der Waals surface area (Å²) >= 11 is 1.34. The molecule has 0 spiro atoms. The summed E-state index contributed by atoms with van der Waals surface area (Å²) in [5, 5.41) is 11.6.